The number of non-ortho nitro benzene ring substituents is 1. The van der Waals surface area contributed by atoms with Crippen LogP contribution in [0.1, 0.15) is 6.42 Å². The lowest BCUT2D eigenvalue weighted by Crippen LogP contribution is -2.28. The molecule has 0 bridgehead atoms. The molecule has 2 amide bonds. The van der Waals surface area contributed by atoms with Gasteiger partial charge in [0.2, 0.25) is 11.8 Å². The number of anilines is 2. The van der Waals surface area contributed by atoms with E-state index in [0.29, 0.717) is 11.4 Å². The number of hydrogen-bond donors (Lipinski definition) is 1. The smallest absolute Gasteiger partial charge is 0.273 e. The zero-order valence-corrected chi connectivity index (χ0v) is 14.3. The lowest BCUT2D eigenvalue weighted by atomic mass is 10.1. The van der Waals surface area contributed by atoms with Gasteiger partial charge in [0.1, 0.15) is 11.6 Å². The molecule has 0 aromatic heterocycles. The summed E-state index contributed by atoms with van der Waals surface area (Å²) in [4.78, 5) is 36.5. The number of hydrogen-bond acceptors (Lipinski definition) is 5. The summed E-state index contributed by atoms with van der Waals surface area (Å²) in [5, 5.41) is 13.5. The van der Waals surface area contributed by atoms with Crippen molar-refractivity contribution in [3.63, 3.8) is 0 Å². The third-order valence-corrected chi connectivity index (χ3v) is 4.27. The van der Waals surface area contributed by atoms with E-state index >= 15 is 0 Å². The second-order valence-electron chi connectivity index (χ2n) is 6.01. The van der Waals surface area contributed by atoms with Crippen molar-refractivity contribution in [2.24, 2.45) is 5.92 Å². The van der Waals surface area contributed by atoms with E-state index < -0.39 is 16.7 Å². The van der Waals surface area contributed by atoms with Crippen LogP contribution in [0, 0.1) is 21.8 Å². The SMILES string of the molecule is COc1cc([N+](=O)[O-])ccc1N1C[C@H](C(=O)Nc2ccc(F)cc2)CC1=O. The number of nitro groups is 1. The molecule has 8 nitrogen and oxygen atoms in total. The highest BCUT2D eigenvalue weighted by Crippen LogP contribution is 2.36. The molecule has 27 heavy (non-hydrogen) atoms. The van der Waals surface area contributed by atoms with Gasteiger partial charge in [0.05, 0.1) is 29.7 Å². The molecule has 2 aromatic rings. The van der Waals surface area contributed by atoms with Gasteiger partial charge >= 0.3 is 0 Å². The maximum absolute atomic E-state index is 12.9. The molecule has 0 saturated carbocycles. The molecule has 140 valence electrons. The van der Waals surface area contributed by atoms with Crippen LogP contribution in [0.25, 0.3) is 0 Å². The first kappa shape index (κ1) is 18.3. The molecule has 1 aliphatic rings. The topological polar surface area (TPSA) is 102 Å². The summed E-state index contributed by atoms with van der Waals surface area (Å²) in [6, 6.07) is 9.25. The van der Waals surface area contributed by atoms with Crippen molar-refractivity contribution in [3.05, 3.63) is 58.4 Å². The number of benzene rings is 2. The van der Waals surface area contributed by atoms with E-state index in [9.17, 15) is 24.1 Å². The molecule has 3 rings (SSSR count). The van der Waals surface area contributed by atoms with Crippen molar-refractivity contribution < 1.29 is 23.6 Å². The summed E-state index contributed by atoms with van der Waals surface area (Å²) >= 11 is 0. The van der Waals surface area contributed by atoms with Gasteiger partial charge in [-0.2, -0.15) is 0 Å². The van der Waals surface area contributed by atoms with Crippen LogP contribution < -0.4 is 15.0 Å². The predicted octanol–water partition coefficient (Wildman–Crippen LogP) is 2.73. The number of methoxy groups -OCH3 is 1. The third kappa shape index (κ3) is 3.86. The minimum atomic E-state index is -0.609. The van der Waals surface area contributed by atoms with Gasteiger partial charge in [-0.25, -0.2) is 4.39 Å². The molecule has 1 N–H and O–H groups in total. The fourth-order valence-corrected chi connectivity index (χ4v) is 2.90. The van der Waals surface area contributed by atoms with E-state index in [2.05, 4.69) is 5.32 Å². The summed E-state index contributed by atoms with van der Waals surface area (Å²) in [6.45, 7) is 0.111. The molecule has 2 aromatic carbocycles. The minimum absolute atomic E-state index is 0.00678. The normalized spacial score (nSPS) is 16.3. The summed E-state index contributed by atoms with van der Waals surface area (Å²) < 4.78 is 18.1. The zero-order valence-electron chi connectivity index (χ0n) is 14.3. The van der Waals surface area contributed by atoms with Crippen LogP contribution >= 0.6 is 0 Å². The average molecular weight is 373 g/mol. The Labute approximate surface area is 153 Å². The highest BCUT2D eigenvalue weighted by molar-refractivity contribution is 6.04. The van der Waals surface area contributed by atoms with Gasteiger partial charge in [0.15, 0.2) is 0 Å². The highest BCUT2D eigenvalue weighted by atomic mass is 19.1. The standard InChI is InChI=1S/C18H16FN3O5/c1-27-16-9-14(22(25)26)6-7-15(16)21-10-11(8-17(21)23)18(24)20-13-4-2-12(19)3-5-13/h2-7,9,11H,8,10H2,1H3,(H,20,24)/t11-/m1/s1. The number of nitrogens with zero attached hydrogens (tertiary/aromatic N) is 2. The summed E-state index contributed by atoms with van der Waals surface area (Å²) in [5.74, 6) is -1.50. The van der Waals surface area contributed by atoms with Gasteiger partial charge in [0, 0.05) is 24.7 Å². The average Bonchev–Trinajstić information content (AvgIpc) is 3.04. The maximum atomic E-state index is 12.9. The zero-order chi connectivity index (χ0) is 19.6. The molecule has 9 heteroatoms. The summed E-state index contributed by atoms with van der Waals surface area (Å²) in [5.41, 5.74) is 0.637. The first-order valence-electron chi connectivity index (χ1n) is 8.08. The van der Waals surface area contributed by atoms with Crippen LogP contribution in [-0.2, 0) is 9.59 Å². The Morgan fingerprint density at radius 3 is 2.63 bits per heavy atom. The summed E-state index contributed by atoms with van der Waals surface area (Å²) in [7, 11) is 1.35. The van der Waals surface area contributed by atoms with Crippen LogP contribution in [0.4, 0.5) is 21.5 Å². The highest BCUT2D eigenvalue weighted by Gasteiger charge is 2.36. The number of carbonyl (C=O) groups is 2. The number of halogens is 1. The number of nitro benzene ring substituents is 1. The molecule has 1 saturated heterocycles. The Morgan fingerprint density at radius 2 is 2.00 bits per heavy atom. The summed E-state index contributed by atoms with van der Waals surface area (Å²) in [6.07, 6.45) is -0.00678. The van der Waals surface area contributed by atoms with E-state index in [-0.39, 0.29) is 36.2 Å². The van der Waals surface area contributed by atoms with Crippen LogP contribution in [0.15, 0.2) is 42.5 Å². The molecule has 0 aliphatic carbocycles. The molecule has 1 aliphatic heterocycles. The van der Waals surface area contributed by atoms with Gasteiger partial charge in [0.25, 0.3) is 5.69 Å². The van der Waals surface area contributed by atoms with Crippen LogP contribution in [0.5, 0.6) is 5.75 Å². The van der Waals surface area contributed by atoms with Gasteiger partial charge in [-0.3, -0.25) is 19.7 Å². The lowest BCUT2D eigenvalue weighted by Gasteiger charge is -2.19. The quantitative estimate of drug-likeness (QED) is 0.641. The Balaban J connectivity index is 1.76. The molecular formula is C18H16FN3O5. The molecule has 0 radical (unpaired) electrons. The predicted molar refractivity (Wildman–Crippen MR) is 95.1 cm³/mol. The lowest BCUT2D eigenvalue weighted by molar-refractivity contribution is -0.384. The van der Waals surface area contributed by atoms with Crippen molar-refractivity contribution in [1.29, 1.82) is 0 Å². The van der Waals surface area contributed by atoms with Crippen molar-refractivity contribution in [2.45, 2.75) is 6.42 Å². The van der Waals surface area contributed by atoms with Crippen molar-refractivity contribution in [2.75, 3.05) is 23.9 Å². The fraction of sp³-hybridized carbons (Fsp3) is 0.222. The molecule has 1 fully saturated rings. The van der Waals surface area contributed by atoms with Crippen molar-refractivity contribution in [1.82, 2.24) is 0 Å². The number of amides is 2. The Hall–Kier alpha value is -3.49. The minimum Gasteiger partial charge on any atom is -0.494 e. The molecule has 1 heterocycles. The fourth-order valence-electron chi connectivity index (χ4n) is 2.90. The van der Waals surface area contributed by atoms with E-state index in [1.54, 1.807) is 0 Å². The van der Waals surface area contributed by atoms with Gasteiger partial charge in [-0.1, -0.05) is 0 Å². The second-order valence-corrected chi connectivity index (χ2v) is 6.01. The molecular weight excluding hydrogens is 357 g/mol. The first-order chi connectivity index (χ1) is 12.9. The molecule has 0 unspecified atom stereocenters. The monoisotopic (exact) mass is 373 g/mol. The van der Waals surface area contributed by atoms with Gasteiger partial charge in [-0.05, 0) is 30.3 Å². The van der Waals surface area contributed by atoms with Crippen LogP contribution in [0.3, 0.4) is 0 Å². The Kier molecular flexibility index (Phi) is 5.02. The van der Waals surface area contributed by atoms with E-state index in [1.165, 1.54) is 54.5 Å². The molecule has 0 spiro atoms. The van der Waals surface area contributed by atoms with Gasteiger partial charge < -0.3 is 15.0 Å². The molecule has 1 atom stereocenters. The first-order valence-corrected chi connectivity index (χ1v) is 8.08. The van der Waals surface area contributed by atoms with E-state index in [0.717, 1.165) is 0 Å². The van der Waals surface area contributed by atoms with Crippen molar-refractivity contribution >= 4 is 28.9 Å². The number of nitrogens with one attached hydrogen (secondary N) is 1. The number of ether oxygens (including phenoxy) is 1. The number of rotatable bonds is 5. The maximum Gasteiger partial charge on any atom is 0.273 e. The van der Waals surface area contributed by atoms with Gasteiger partial charge in [-0.15, -0.1) is 0 Å². The Morgan fingerprint density at radius 1 is 1.30 bits per heavy atom. The third-order valence-electron chi connectivity index (χ3n) is 4.27. The van der Waals surface area contributed by atoms with Crippen LogP contribution in [0.2, 0.25) is 0 Å². The largest absolute Gasteiger partial charge is 0.494 e. The Bertz CT molecular complexity index is 900. The van der Waals surface area contributed by atoms with Crippen molar-refractivity contribution in [3.8, 4) is 5.75 Å². The second kappa shape index (κ2) is 7.40. The number of carbonyl (C=O) groups excluding carboxylic acids is 2. The van der Waals surface area contributed by atoms with Crippen LogP contribution in [-0.4, -0.2) is 30.4 Å². The van der Waals surface area contributed by atoms with E-state index in [1.807, 2.05) is 0 Å². The van der Waals surface area contributed by atoms with E-state index in [4.69, 9.17) is 4.74 Å².